The van der Waals surface area contributed by atoms with Gasteiger partial charge in [0.1, 0.15) is 11.5 Å². The smallest absolute Gasteiger partial charge is 0.122 e. The second-order valence-corrected chi connectivity index (χ2v) is 7.93. The van der Waals surface area contributed by atoms with Gasteiger partial charge in [-0.2, -0.15) is 0 Å². The fourth-order valence-electron chi connectivity index (χ4n) is 4.11. The quantitative estimate of drug-likeness (QED) is 0.444. The predicted octanol–water partition coefficient (Wildman–Crippen LogP) is 6.86. The molecule has 27 heavy (non-hydrogen) atoms. The molecule has 0 aliphatic carbocycles. The second kappa shape index (κ2) is 9.14. The first-order valence-corrected chi connectivity index (χ1v) is 10.9. The lowest BCUT2D eigenvalue weighted by Crippen LogP contribution is -2.13. The number of halogens is 1. The van der Waals surface area contributed by atoms with Gasteiger partial charge in [-0.25, -0.2) is 0 Å². The Kier molecular flexibility index (Phi) is 7.39. The Morgan fingerprint density at radius 1 is 0.704 bits per heavy atom. The molecule has 0 aliphatic heterocycles. The van der Waals surface area contributed by atoms with Crippen LogP contribution in [0, 0.1) is 41.5 Å². The van der Waals surface area contributed by atoms with Crippen molar-refractivity contribution < 1.29 is 9.47 Å². The zero-order valence-electron chi connectivity index (χ0n) is 18.0. The molecule has 0 saturated carbocycles. The Hall–Kier alpha value is -1.48. The highest BCUT2D eigenvalue weighted by Gasteiger charge is 2.25. The number of ether oxygens (including phenoxy) is 2. The average molecular weight is 433 g/mol. The van der Waals surface area contributed by atoms with Gasteiger partial charge in [-0.3, -0.25) is 0 Å². The Morgan fingerprint density at radius 2 is 1.07 bits per heavy atom. The minimum Gasteiger partial charge on any atom is -0.494 e. The fraction of sp³-hybridized carbons (Fsp3) is 0.500. The van der Waals surface area contributed by atoms with Crippen LogP contribution < -0.4 is 9.47 Å². The van der Waals surface area contributed by atoms with E-state index in [1.54, 1.807) is 0 Å². The van der Waals surface area contributed by atoms with E-state index >= 15 is 0 Å². The van der Waals surface area contributed by atoms with Crippen molar-refractivity contribution >= 4 is 15.9 Å². The van der Waals surface area contributed by atoms with E-state index in [-0.39, 0.29) is 0 Å². The lowest BCUT2D eigenvalue weighted by molar-refractivity contribution is 0.337. The van der Waals surface area contributed by atoms with Gasteiger partial charge < -0.3 is 9.47 Å². The third-order valence-electron chi connectivity index (χ3n) is 5.67. The molecular formula is C24H33BrO2. The van der Waals surface area contributed by atoms with E-state index in [9.17, 15) is 0 Å². The van der Waals surface area contributed by atoms with Crippen LogP contribution in [0.2, 0.25) is 0 Å². The molecule has 0 radical (unpaired) electrons. The van der Waals surface area contributed by atoms with E-state index < -0.39 is 0 Å². The minimum atomic E-state index is 0.300. The van der Waals surface area contributed by atoms with Crippen LogP contribution >= 0.6 is 15.9 Å². The molecule has 0 amide bonds. The van der Waals surface area contributed by atoms with E-state index in [4.69, 9.17) is 9.47 Å². The van der Waals surface area contributed by atoms with Gasteiger partial charge in [0.25, 0.3) is 0 Å². The number of rotatable bonds is 7. The summed E-state index contributed by atoms with van der Waals surface area (Å²) in [4.78, 5) is 0. The summed E-state index contributed by atoms with van der Waals surface area (Å²) in [5.41, 5.74) is 10.5. The number of hydrogen-bond donors (Lipinski definition) is 0. The molecule has 2 aromatic rings. The van der Waals surface area contributed by atoms with E-state index in [1.165, 1.54) is 44.5 Å². The van der Waals surface area contributed by atoms with Crippen molar-refractivity contribution in [3.8, 4) is 11.5 Å². The minimum absolute atomic E-state index is 0.300. The molecule has 0 bridgehead atoms. The Labute approximate surface area is 173 Å². The first-order valence-electron chi connectivity index (χ1n) is 9.81. The summed E-state index contributed by atoms with van der Waals surface area (Å²) in [7, 11) is 0. The van der Waals surface area contributed by atoms with Crippen LogP contribution in [-0.4, -0.2) is 18.5 Å². The van der Waals surface area contributed by atoms with Crippen molar-refractivity contribution in [1.82, 2.24) is 0 Å². The Morgan fingerprint density at radius 3 is 1.37 bits per heavy atom. The van der Waals surface area contributed by atoms with Crippen molar-refractivity contribution in [1.29, 1.82) is 0 Å². The Balaban J connectivity index is 2.69. The SMILES string of the molecule is CCOc1cc(C)c(C(CBr)c2c(C)cc(OCC)c(C)c2C)c(C)c1C. The maximum atomic E-state index is 5.85. The van der Waals surface area contributed by atoms with Gasteiger partial charge in [0.15, 0.2) is 0 Å². The van der Waals surface area contributed by atoms with Crippen LogP contribution in [0.15, 0.2) is 12.1 Å². The third-order valence-corrected chi connectivity index (χ3v) is 6.32. The lowest BCUT2D eigenvalue weighted by atomic mass is 9.80. The molecular weight excluding hydrogens is 400 g/mol. The molecule has 0 atom stereocenters. The van der Waals surface area contributed by atoms with Crippen LogP contribution in [0.25, 0.3) is 0 Å². The molecule has 2 aromatic carbocycles. The molecule has 0 N–H and O–H groups in total. The van der Waals surface area contributed by atoms with Crippen LogP contribution in [-0.2, 0) is 0 Å². The summed E-state index contributed by atoms with van der Waals surface area (Å²) >= 11 is 3.81. The summed E-state index contributed by atoms with van der Waals surface area (Å²) in [5.74, 6) is 2.30. The zero-order valence-corrected chi connectivity index (χ0v) is 19.6. The van der Waals surface area contributed by atoms with Gasteiger partial charge >= 0.3 is 0 Å². The molecule has 2 rings (SSSR count). The van der Waals surface area contributed by atoms with E-state index in [1.807, 2.05) is 13.8 Å². The summed E-state index contributed by atoms with van der Waals surface area (Å²) in [6, 6.07) is 4.39. The highest BCUT2D eigenvalue weighted by molar-refractivity contribution is 9.09. The number of hydrogen-bond acceptors (Lipinski definition) is 2. The molecule has 0 heterocycles. The zero-order chi connectivity index (χ0) is 20.3. The standard InChI is InChI=1S/C24H33BrO2/c1-9-26-21-11-14(3)23(18(7)16(21)5)20(13-25)24-15(4)12-22(27-10-2)17(6)19(24)8/h11-12,20H,9-10,13H2,1-8H3. The van der Waals surface area contributed by atoms with Gasteiger partial charge in [-0.15, -0.1) is 0 Å². The summed E-state index contributed by atoms with van der Waals surface area (Å²) in [5, 5.41) is 0.886. The molecule has 0 fully saturated rings. The van der Waals surface area contributed by atoms with Crippen LogP contribution in [0.4, 0.5) is 0 Å². The molecule has 0 unspecified atom stereocenters. The highest BCUT2D eigenvalue weighted by Crippen LogP contribution is 2.41. The Bertz CT molecular complexity index is 757. The van der Waals surface area contributed by atoms with Crippen LogP contribution in [0.1, 0.15) is 64.3 Å². The van der Waals surface area contributed by atoms with Gasteiger partial charge in [0.05, 0.1) is 13.2 Å². The summed E-state index contributed by atoms with van der Waals surface area (Å²) < 4.78 is 11.7. The third kappa shape index (κ3) is 4.18. The number of alkyl halides is 1. The van der Waals surface area contributed by atoms with Crippen molar-refractivity contribution in [2.45, 2.75) is 61.3 Å². The van der Waals surface area contributed by atoms with E-state index in [0.29, 0.717) is 19.1 Å². The normalized spacial score (nSPS) is 11.2. The lowest BCUT2D eigenvalue weighted by Gasteiger charge is -2.27. The van der Waals surface area contributed by atoms with Crippen molar-refractivity contribution in [2.24, 2.45) is 0 Å². The predicted molar refractivity (Wildman–Crippen MR) is 119 cm³/mol. The summed E-state index contributed by atoms with van der Waals surface area (Å²) in [6.07, 6.45) is 0. The maximum absolute atomic E-state index is 5.85. The van der Waals surface area contributed by atoms with Crippen molar-refractivity contribution in [3.05, 3.63) is 56.6 Å². The molecule has 148 valence electrons. The van der Waals surface area contributed by atoms with Crippen LogP contribution in [0.5, 0.6) is 11.5 Å². The maximum Gasteiger partial charge on any atom is 0.122 e. The van der Waals surface area contributed by atoms with Gasteiger partial charge in [-0.1, -0.05) is 15.9 Å². The molecule has 0 saturated heterocycles. The van der Waals surface area contributed by atoms with Gasteiger partial charge in [0.2, 0.25) is 0 Å². The largest absolute Gasteiger partial charge is 0.494 e. The number of aryl methyl sites for hydroxylation is 2. The monoisotopic (exact) mass is 432 g/mol. The molecule has 0 aromatic heterocycles. The first kappa shape index (κ1) is 21.8. The molecule has 0 aliphatic rings. The highest BCUT2D eigenvalue weighted by atomic mass is 79.9. The van der Waals surface area contributed by atoms with E-state index in [0.717, 1.165) is 16.8 Å². The fourth-order valence-corrected chi connectivity index (χ4v) is 4.76. The first-order chi connectivity index (χ1) is 12.8. The summed E-state index contributed by atoms with van der Waals surface area (Å²) in [6.45, 7) is 18.6. The van der Waals surface area contributed by atoms with Crippen LogP contribution in [0.3, 0.4) is 0 Å². The molecule has 3 heteroatoms. The number of benzene rings is 2. The van der Waals surface area contributed by atoms with Gasteiger partial charge in [0, 0.05) is 11.2 Å². The van der Waals surface area contributed by atoms with Gasteiger partial charge in [-0.05, 0) is 112 Å². The van der Waals surface area contributed by atoms with Crippen molar-refractivity contribution in [2.75, 3.05) is 18.5 Å². The van der Waals surface area contributed by atoms with Crippen molar-refractivity contribution in [3.63, 3.8) is 0 Å². The second-order valence-electron chi connectivity index (χ2n) is 7.28. The topological polar surface area (TPSA) is 18.5 Å². The van der Waals surface area contributed by atoms with E-state index in [2.05, 4.69) is 69.6 Å². The average Bonchev–Trinajstić information content (AvgIpc) is 2.62. The molecule has 0 spiro atoms. The molecule has 2 nitrogen and oxygen atoms in total.